The van der Waals surface area contributed by atoms with Crippen LogP contribution in [0.4, 0.5) is 4.39 Å². The molecule has 0 spiro atoms. The van der Waals surface area contributed by atoms with E-state index in [-0.39, 0.29) is 5.82 Å². The molecule has 0 amide bonds. The summed E-state index contributed by atoms with van der Waals surface area (Å²) < 4.78 is 13.0. The van der Waals surface area contributed by atoms with Crippen molar-refractivity contribution in [1.82, 2.24) is 10.6 Å². The second kappa shape index (κ2) is 14.6. The first-order valence-corrected chi connectivity index (χ1v) is 9.49. The average molecular weight is 323 g/mol. The first-order valence-electron chi connectivity index (χ1n) is 9.49. The van der Waals surface area contributed by atoms with Crippen molar-refractivity contribution in [2.45, 2.75) is 71.3 Å². The van der Waals surface area contributed by atoms with Crippen LogP contribution in [0, 0.1) is 5.82 Å². The van der Waals surface area contributed by atoms with E-state index in [2.05, 4.69) is 17.6 Å². The SMILES string of the molecule is CCCCCCCCCCCNCCNCc1cccc(F)c1. The highest BCUT2D eigenvalue weighted by molar-refractivity contribution is 5.15. The summed E-state index contributed by atoms with van der Waals surface area (Å²) in [6, 6.07) is 6.78. The minimum atomic E-state index is -0.159. The molecule has 0 aliphatic heterocycles. The van der Waals surface area contributed by atoms with Crippen LogP contribution in [0.3, 0.4) is 0 Å². The van der Waals surface area contributed by atoms with Gasteiger partial charge in [-0.05, 0) is 30.7 Å². The quantitative estimate of drug-likeness (QED) is 0.442. The Morgan fingerprint density at radius 2 is 1.43 bits per heavy atom. The summed E-state index contributed by atoms with van der Waals surface area (Å²) in [5.74, 6) is -0.159. The van der Waals surface area contributed by atoms with Crippen LogP contribution in [0.25, 0.3) is 0 Å². The van der Waals surface area contributed by atoms with Crippen molar-refractivity contribution in [3.8, 4) is 0 Å². The molecule has 23 heavy (non-hydrogen) atoms. The fraction of sp³-hybridized carbons (Fsp3) is 0.700. The Morgan fingerprint density at radius 3 is 2.13 bits per heavy atom. The Bertz CT molecular complexity index is 382. The van der Waals surface area contributed by atoms with E-state index in [0.29, 0.717) is 0 Å². The van der Waals surface area contributed by atoms with Gasteiger partial charge in [0.25, 0.3) is 0 Å². The van der Waals surface area contributed by atoms with E-state index in [9.17, 15) is 4.39 Å². The summed E-state index contributed by atoms with van der Waals surface area (Å²) in [6.45, 7) is 6.01. The molecule has 0 aliphatic carbocycles. The number of hydrogen-bond donors (Lipinski definition) is 2. The molecule has 0 saturated heterocycles. The molecule has 1 aromatic carbocycles. The van der Waals surface area contributed by atoms with Crippen molar-refractivity contribution < 1.29 is 4.39 Å². The summed E-state index contributed by atoms with van der Waals surface area (Å²) >= 11 is 0. The minimum absolute atomic E-state index is 0.159. The molecule has 0 bridgehead atoms. The van der Waals surface area contributed by atoms with Gasteiger partial charge < -0.3 is 10.6 Å². The zero-order chi connectivity index (χ0) is 16.6. The third-order valence-electron chi connectivity index (χ3n) is 4.15. The van der Waals surface area contributed by atoms with Gasteiger partial charge in [0.2, 0.25) is 0 Å². The molecule has 3 heteroatoms. The third-order valence-corrected chi connectivity index (χ3v) is 4.15. The first kappa shape index (κ1) is 20.1. The Kier molecular flexibility index (Phi) is 12.8. The number of hydrogen-bond acceptors (Lipinski definition) is 2. The molecule has 0 unspecified atom stereocenters. The zero-order valence-corrected chi connectivity index (χ0v) is 14.9. The normalized spacial score (nSPS) is 11.0. The van der Waals surface area contributed by atoms with Gasteiger partial charge in [0.05, 0.1) is 0 Å². The van der Waals surface area contributed by atoms with Crippen molar-refractivity contribution >= 4 is 0 Å². The fourth-order valence-corrected chi connectivity index (χ4v) is 2.74. The molecule has 0 fully saturated rings. The van der Waals surface area contributed by atoms with Gasteiger partial charge in [-0.3, -0.25) is 0 Å². The maximum atomic E-state index is 13.0. The van der Waals surface area contributed by atoms with Crippen molar-refractivity contribution in [1.29, 1.82) is 0 Å². The minimum Gasteiger partial charge on any atom is -0.315 e. The lowest BCUT2D eigenvalue weighted by Gasteiger charge is -2.07. The summed E-state index contributed by atoms with van der Waals surface area (Å²) in [7, 11) is 0. The van der Waals surface area contributed by atoms with Crippen molar-refractivity contribution in [3.63, 3.8) is 0 Å². The van der Waals surface area contributed by atoms with Crippen molar-refractivity contribution in [3.05, 3.63) is 35.6 Å². The number of rotatable bonds is 15. The monoisotopic (exact) mass is 322 g/mol. The van der Waals surface area contributed by atoms with Gasteiger partial charge in [-0.25, -0.2) is 4.39 Å². The molecule has 0 aromatic heterocycles. The lowest BCUT2D eigenvalue weighted by molar-refractivity contribution is 0.542. The Morgan fingerprint density at radius 1 is 0.783 bits per heavy atom. The molecule has 0 saturated carbocycles. The van der Waals surface area contributed by atoms with Gasteiger partial charge >= 0.3 is 0 Å². The number of halogens is 1. The third kappa shape index (κ3) is 12.2. The number of unbranched alkanes of at least 4 members (excludes halogenated alkanes) is 8. The Hall–Kier alpha value is -0.930. The van der Waals surface area contributed by atoms with E-state index in [1.165, 1.54) is 63.9 Å². The fourth-order valence-electron chi connectivity index (χ4n) is 2.74. The predicted octanol–water partition coefficient (Wildman–Crippen LogP) is 5.04. The van der Waals surface area contributed by atoms with Crippen LogP contribution < -0.4 is 10.6 Å². The van der Waals surface area contributed by atoms with E-state index in [1.807, 2.05) is 6.07 Å². The van der Waals surface area contributed by atoms with Crippen LogP contribution in [0.15, 0.2) is 24.3 Å². The van der Waals surface area contributed by atoms with E-state index in [0.717, 1.165) is 31.7 Å². The summed E-state index contributed by atoms with van der Waals surface area (Å²) in [4.78, 5) is 0. The van der Waals surface area contributed by atoms with Gasteiger partial charge in [0, 0.05) is 19.6 Å². The van der Waals surface area contributed by atoms with E-state index < -0.39 is 0 Å². The van der Waals surface area contributed by atoms with Gasteiger partial charge in [-0.15, -0.1) is 0 Å². The van der Waals surface area contributed by atoms with Crippen LogP contribution >= 0.6 is 0 Å². The van der Waals surface area contributed by atoms with E-state index in [4.69, 9.17) is 0 Å². The molecular weight excluding hydrogens is 287 g/mol. The highest BCUT2D eigenvalue weighted by Gasteiger charge is 1.95. The maximum absolute atomic E-state index is 13.0. The molecule has 0 heterocycles. The molecule has 0 radical (unpaired) electrons. The zero-order valence-electron chi connectivity index (χ0n) is 14.9. The molecular formula is C20H35FN2. The predicted molar refractivity (Wildman–Crippen MR) is 98.2 cm³/mol. The molecule has 2 nitrogen and oxygen atoms in total. The summed E-state index contributed by atoms with van der Waals surface area (Å²) in [5.41, 5.74) is 1.00. The van der Waals surface area contributed by atoms with Gasteiger partial charge in [-0.2, -0.15) is 0 Å². The second-order valence-electron chi connectivity index (χ2n) is 6.39. The topological polar surface area (TPSA) is 24.1 Å². The second-order valence-corrected chi connectivity index (χ2v) is 6.39. The van der Waals surface area contributed by atoms with E-state index >= 15 is 0 Å². The molecule has 0 atom stereocenters. The molecule has 132 valence electrons. The maximum Gasteiger partial charge on any atom is 0.123 e. The van der Waals surface area contributed by atoms with Crippen LogP contribution in [-0.2, 0) is 6.54 Å². The molecule has 2 N–H and O–H groups in total. The van der Waals surface area contributed by atoms with E-state index in [1.54, 1.807) is 12.1 Å². The van der Waals surface area contributed by atoms with Gasteiger partial charge in [0.15, 0.2) is 0 Å². The van der Waals surface area contributed by atoms with Crippen molar-refractivity contribution in [2.75, 3.05) is 19.6 Å². The Labute approximate surface area is 142 Å². The van der Waals surface area contributed by atoms with Gasteiger partial charge in [-0.1, -0.05) is 70.4 Å². The largest absolute Gasteiger partial charge is 0.315 e. The Balaban J connectivity index is 1.78. The van der Waals surface area contributed by atoms with Crippen LogP contribution in [0.5, 0.6) is 0 Å². The average Bonchev–Trinajstić information content (AvgIpc) is 2.55. The van der Waals surface area contributed by atoms with Crippen LogP contribution in [0.1, 0.15) is 70.3 Å². The smallest absolute Gasteiger partial charge is 0.123 e. The number of nitrogens with one attached hydrogen (secondary N) is 2. The highest BCUT2D eigenvalue weighted by atomic mass is 19.1. The lowest BCUT2D eigenvalue weighted by Crippen LogP contribution is -2.27. The van der Waals surface area contributed by atoms with Crippen LogP contribution in [0.2, 0.25) is 0 Å². The first-order chi connectivity index (χ1) is 11.3. The lowest BCUT2D eigenvalue weighted by atomic mass is 10.1. The molecule has 1 aromatic rings. The molecule has 1 rings (SSSR count). The highest BCUT2D eigenvalue weighted by Crippen LogP contribution is 2.09. The summed E-state index contributed by atoms with van der Waals surface area (Å²) in [5, 5.41) is 6.80. The van der Waals surface area contributed by atoms with Gasteiger partial charge in [0.1, 0.15) is 5.82 Å². The molecule has 0 aliphatic rings. The van der Waals surface area contributed by atoms with Crippen molar-refractivity contribution in [2.24, 2.45) is 0 Å². The number of benzene rings is 1. The summed E-state index contributed by atoms with van der Waals surface area (Å²) in [6.07, 6.45) is 12.4. The van der Waals surface area contributed by atoms with Crippen LogP contribution in [-0.4, -0.2) is 19.6 Å². The standard InChI is InChI=1S/C20H35FN2/c1-2-3-4-5-6-7-8-9-10-14-22-15-16-23-18-19-12-11-13-20(21)17-19/h11-13,17,22-23H,2-10,14-16,18H2,1H3.